The van der Waals surface area contributed by atoms with Crippen molar-refractivity contribution in [3.63, 3.8) is 0 Å². The van der Waals surface area contributed by atoms with Gasteiger partial charge in [-0.3, -0.25) is 4.79 Å². The Kier molecular flexibility index (Phi) is 4.80. The van der Waals surface area contributed by atoms with E-state index in [1.54, 1.807) is 0 Å². The fourth-order valence-corrected chi connectivity index (χ4v) is 2.23. The molecular weight excluding hydrogens is 327 g/mol. The summed E-state index contributed by atoms with van der Waals surface area (Å²) in [7, 11) is 2.40. The lowest BCUT2D eigenvalue weighted by Crippen LogP contribution is -2.12. The van der Waals surface area contributed by atoms with E-state index in [1.807, 2.05) is 0 Å². The Balaban J connectivity index is 2.73. The number of rotatable bonds is 4. The number of nitrogen functional groups attached to an aromatic ring is 1. The van der Waals surface area contributed by atoms with Crippen molar-refractivity contribution in [2.24, 2.45) is 0 Å². The number of nitrogens with two attached hydrogens (primary N) is 1. The fraction of sp³-hybridized carbons (Fsp3) is 0.133. The normalized spacial score (nSPS) is 10.3. The minimum atomic E-state index is -0.859. The van der Waals surface area contributed by atoms with Crippen LogP contribution in [0.1, 0.15) is 20.8 Å². The SMILES string of the molecule is COC(=O)c1nc(-c2ccc(Cl)c(OC)c2F)cc(N)c1C=O. The van der Waals surface area contributed by atoms with Crippen molar-refractivity contribution in [2.75, 3.05) is 20.0 Å². The highest BCUT2D eigenvalue weighted by Crippen LogP contribution is 2.35. The molecule has 23 heavy (non-hydrogen) atoms. The van der Waals surface area contributed by atoms with E-state index in [0.29, 0.717) is 6.29 Å². The first-order valence-electron chi connectivity index (χ1n) is 6.31. The first kappa shape index (κ1) is 16.7. The highest BCUT2D eigenvalue weighted by Gasteiger charge is 2.21. The molecule has 6 nitrogen and oxygen atoms in total. The van der Waals surface area contributed by atoms with Gasteiger partial charge in [-0.2, -0.15) is 0 Å². The van der Waals surface area contributed by atoms with Crippen molar-refractivity contribution in [1.82, 2.24) is 4.98 Å². The van der Waals surface area contributed by atoms with E-state index in [2.05, 4.69) is 9.72 Å². The van der Waals surface area contributed by atoms with Crippen LogP contribution in [0.2, 0.25) is 5.02 Å². The van der Waals surface area contributed by atoms with E-state index in [4.69, 9.17) is 22.1 Å². The van der Waals surface area contributed by atoms with Gasteiger partial charge in [-0.1, -0.05) is 11.6 Å². The Bertz CT molecular complexity index is 796. The molecule has 0 aliphatic rings. The minimum absolute atomic E-state index is 0.0144. The molecule has 2 N–H and O–H groups in total. The predicted octanol–water partition coefficient (Wildman–Crippen LogP) is 2.73. The van der Waals surface area contributed by atoms with Crippen LogP contribution in [0.3, 0.4) is 0 Å². The van der Waals surface area contributed by atoms with Gasteiger partial charge in [0.05, 0.1) is 30.5 Å². The average Bonchev–Trinajstić information content (AvgIpc) is 2.53. The molecule has 0 saturated heterocycles. The first-order valence-corrected chi connectivity index (χ1v) is 6.68. The van der Waals surface area contributed by atoms with E-state index in [0.717, 1.165) is 7.11 Å². The maximum atomic E-state index is 14.5. The average molecular weight is 339 g/mol. The van der Waals surface area contributed by atoms with Gasteiger partial charge in [0.25, 0.3) is 0 Å². The second-order valence-electron chi connectivity index (χ2n) is 4.41. The molecule has 0 fully saturated rings. The molecule has 0 bridgehead atoms. The van der Waals surface area contributed by atoms with Gasteiger partial charge < -0.3 is 15.2 Å². The number of carbonyl (C=O) groups is 2. The molecule has 0 aliphatic carbocycles. The number of hydrogen-bond acceptors (Lipinski definition) is 6. The lowest BCUT2D eigenvalue weighted by Gasteiger charge is -2.12. The summed E-state index contributed by atoms with van der Waals surface area (Å²) in [6.07, 6.45) is 0.386. The van der Waals surface area contributed by atoms with Gasteiger partial charge in [-0.15, -0.1) is 0 Å². The first-order chi connectivity index (χ1) is 10.9. The van der Waals surface area contributed by atoms with Crippen LogP contribution >= 0.6 is 11.6 Å². The number of nitrogens with zero attached hydrogens (tertiary/aromatic N) is 1. The maximum absolute atomic E-state index is 14.5. The summed E-state index contributed by atoms with van der Waals surface area (Å²) >= 11 is 5.84. The van der Waals surface area contributed by atoms with E-state index >= 15 is 0 Å². The molecule has 1 aromatic heterocycles. The molecule has 0 unspecified atom stereocenters. The summed E-state index contributed by atoms with van der Waals surface area (Å²) in [5.74, 6) is -1.79. The zero-order chi connectivity index (χ0) is 17.1. The minimum Gasteiger partial charge on any atom is -0.492 e. The molecule has 120 valence electrons. The second kappa shape index (κ2) is 6.62. The number of anilines is 1. The summed E-state index contributed by atoms with van der Waals surface area (Å²) in [6.45, 7) is 0. The third kappa shape index (κ3) is 2.95. The van der Waals surface area contributed by atoms with E-state index in [9.17, 15) is 14.0 Å². The van der Waals surface area contributed by atoms with Crippen LogP contribution in [-0.2, 0) is 4.74 Å². The zero-order valence-electron chi connectivity index (χ0n) is 12.2. The molecule has 0 aliphatic heterocycles. The van der Waals surface area contributed by atoms with Gasteiger partial charge in [-0.05, 0) is 18.2 Å². The van der Waals surface area contributed by atoms with Crippen molar-refractivity contribution in [1.29, 1.82) is 0 Å². The number of aromatic nitrogens is 1. The van der Waals surface area contributed by atoms with Crippen molar-refractivity contribution in [3.05, 3.63) is 40.3 Å². The summed E-state index contributed by atoms with van der Waals surface area (Å²) in [5.41, 5.74) is 5.36. The molecule has 0 atom stereocenters. The number of hydrogen-bond donors (Lipinski definition) is 1. The van der Waals surface area contributed by atoms with Crippen LogP contribution in [0.4, 0.5) is 10.1 Å². The molecule has 8 heteroatoms. The molecule has 0 amide bonds. The second-order valence-corrected chi connectivity index (χ2v) is 4.82. The zero-order valence-corrected chi connectivity index (χ0v) is 13.0. The van der Waals surface area contributed by atoms with Crippen molar-refractivity contribution in [3.8, 4) is 17.0 Å². The van der Waals surface area contributed by atoms with Crippen LogP contribution in [0.5, 0.6) is 5.75 Å². The van der Waals surface area contributed by atoms with E-state index in [-0.39, 0.29) is 39.0 Å². The van der Waals surface area contributed by atoms with Gasteiger partial charge in [-0.25, -0.2) is 14.2 Å². The number of pyridine rings is 1. The monoisotopic (exact) mass is 338 g/mol. The number of carbonyl (C=O) groups excluding carboxylic acids is 2. The molecule has 0 spiro atoms. The molecule has 0 saturated carbocycles. The van der Waals surface area contributed by atoms with Gasteiger partial charge in [0.1, 0.15) is 0 Å². The van der Waals surface area contributed by atoms with Crippen molar-refractivity contribution in [2.45, 2.75) is 0 Å². The quantitative estimate of drug-likeness (QED) is 0.680. The molecule has 1 aromatic carbocycles. The van der Waals surface area contributed by atoms with Crippen LogP contribution in [0.15, 0.2) is 18.2 Å². The topological polar surface area (TPSA) is 91.5 Å². The van der Waals surface area contributed by atoms with Gasteiger partial charge in [0.15, 0.2) is 23.5 Å². The number of ether oxygens (including phenoxy) is 2. The van der Waals surface area contributed by atoms with Crippen LogP contribution < -0.4 is 10.5 Å². The lowest BCUT2D eigenvalue weighted by atomic mass is 10.1. The third-order valence-corrected chi connectivity index (χ3v) is 3.41. The smallest absolute Gasteiger partial charge is 0.357 e. The van der Waals surface area contributed by atoms with Crippen molar-refractivity contribution >= 4 is 29.5 Å². The molecule has 2 rings (SSSR count). The number of halogens is 2. The standard InChI is InChI=1S/C15H12ClFN2O4/c1-22-14-9(16)4-3-7(12(14)17)11-5-10(18)8(6-20)13(19-11)15(21)23-2/h3-6H,1-2H3,(H2,18,19). The number of aldehydes is 1. The highest BCUT2D eigenvalue weighted by atomic mass is 35.5. The highest BCUT2D eigenvalue weighted by molar-refractivity contribution is 6.32. The fourth-order valence-electron chi connectivity index (χ4n) is 2.01. The molecule has 2 aromatic rings. The van der Waals surface area contributed by atoms with Gasteiger partial charge in [0, 0.05) is 11.3 Å². The van der Waals surface area contributed by atoms with Crippen LogP contribution in [-0.4, -0.2) is 31.5 Å². The Morgan fingerprint density at radius 3 is 2.65 bits per heavy atom. The number of methoxy groups -OCH3 is 2. The summed E-state index contributed by atoms with van der Waals surface area (Å²) in [5, 5.41) is 0.0828. The Labute approximate surface area is 136 Å². The van der Waals surface area contributed by atoms with Gasteiger partial charge >= 0.3 is 5.97 Å². The summed E-state index contributed by atoms with van der Waals surface area (Å²) < 4.78 is 23.9. The number of esters is 1. The Hall–Kier alpha value is -2.67. The van der Waals surface area contributed by atoms with Crippen LogP contribution in [0, 0.1) is 5.82 Å². The largest absolute Gasteiger partial charge is 0.492 e. The molecule has 0 radical (unpaired) electrons. The Morgan fingerprint density at radius 1 is 1.39 bits per heavy atom. The van der Waals surface area contributed by atoms with Crippen LogP contribution in [0.25, 0.3) is 11.3 Å². The predicted molar refractivity (Wildman–Crippen MR) is 82.3 cm³/mol. The van der Waals surface area contributed by atoms with Gasteiger partial charge in [0.2, 0.25) is 0 Å². The number of benzene rings is 1. The van der Waals surface area contributed by atoms with E-state index < -0.39 is 11.8 Å². The lowest BCUT2D eigenvalue weighted by molar-refractivity contribution is 0.0591. The Morgan fingerprint density at radius 2 is 2.09 bits per heavy atom. The van der Waals surface area contributed by atoms with Crippen molar-refractivity contribution < 1.29 is 23.5 Å². The maximum Gasteiger partial charge on any atom is 0.357 e. The molecular formula is C15H12ClFN2O4. The summed E-state index contributed by atoms with van der Waals surface area (Å²) in [6, 6.07) is 4.06. The summed E-state index contributed by atoms with van der Waals surface area (Å²) in [4.78, 5) is 26.8. The van der Waals surface area contributed by atoms with E-state index in [1.165, 1.54) is 25.3 Å². The molecule has 1 heterocycles. The third-order valence-electron chi connectivity index (χ3n) is 3.12.